The zero-order valence-electron chi connectivity index (χ0n) is 15.7. The second-order valence-electron chi connectivity index (χ2n) is 6.50. The van der Waals surface area contributed by atoms with E-state index in [-0.39, 0.29) is 11.9 Å². The van der Waals surface area contributed by atoms with Crippen molar-refractivity contribution in [3.8, 4) is 0 Å². The molecule has 0 radical (unpaired) electrons. The van der Waals surface area contributed by atoms with Gasteiger partial charge in [-0.25, -0.2) is 4.79 Å². The zero-order chi connectivity index (χ0) is 19.2. The Kier molecular flexibility index (Phi) is 5.90. The number of rotatable bonds is 4. The molecule has 0 saturated carbocycles. The smallest absolute Gasteiger partial charge is 0.321 e. The molecule has 0 spiro atoms. The van der Waals surface area contributed by atoms with Gasteiger partial charge in [0.25, 0.3) is 5.91 Å². The summed E-state index contributed by atoms with van der Waals surface area (Å²) < 4.78 is 0. The Morgan fingerprint density at radius 1 is 1.07 bits per heavy atom. The van der Waals surface area contributed by atoms with Crippen LogP contribution in [-0.2, 0) is 0 Å². The lowest BCUT2D eigenvalue weighted by molar-refractivity contribution is 0.0955. The standard InChI is InChI=1S/C20H25N5O2/c1-3-22-19(26)16-4-5-18(15(2)14-16)23-20(27)25-12-10-24(11-13-25)17-6-8-21-9-7-17/h4-9,14H,3,10-13H2,1-2H3,(H,22,26)(H,23,27). The predicted octanol–water partition coefficient (Wildman–Crippen LogP) is 2.49. The van der Waals surface area contributed by atoms with Crippen molar-refractivity contribution in [2.24, 2.45) is 0 Å². The van der Waals surface area contributed by atoms with Crippen LogP contribution in [0.15, 0.2) is 42.7 Å². The Balaban J connectivity index is 1.57. The van der Waals surface area contributed by atoms with Crippen molar-refractivity contribution in [1.82, 2.24) is 15.2 Å². The number of carbonyl (C=O) groups excluding carboxylic acids is 2. The van der Waals surface area contributed by atoms with Crippen LogP contribution in [0.5, 0.6) is 0 Å². The average Bonchev–Trinajstić information content (AvgIpc) is 2.70. The minimum absolute atomic E-state index is 0.106. The fraction of sp³-hybridized carbons (Fsp3) is 0.350. The second-order valence-corrected chi connectivity index (χ2v) is 6.50. The van der Waals surface area contributed by atoms with Gasteiger partial charge in [0.2, 0.25) is 0 Å². The van der Waals surface area contributed by atoms with Crippen LogP contribution in [0.25, 0.3) is 0 Å². The topological polar surface area (TPSA) is 77.6 Å². The lowest BCUT2D eigenvalue weighted by Gasteiger charge is -2.36. The second kappa shape index (κ2) is 8.53. The summed E-state index contributed by atoms with van der Waals surface area (Å²) in [4.78, 5) is 32.6. The molecule has 1 aliphatic heterocycles. The highest BCUT2D eigenvalue weighted by Crippen LogP contribution is 2.19. The van der Waals surface area contributed by atoms with Gasteiger partial charge in [0.1, 0.15) is 0 Å². The molecule has 0 bridgehead atoms. The third kappa shape index (κ3) is 4.55. The summed E-state index contributed by atoms with van der Waals surface area (Å²) in [5, 5.41) is 5.73. The third-order valence-electron chi connectivity index (χ3n) is 4.66. The number of carbonyl (C=O) groups is 2. The van der Waals surface area contributed by atoms with Crippen LogP contribution in [0.1, 0.15) is 22.8 Å². The SMILES string of the molecule is CCNC(=O)c1ccc(NC(=O)N2CCN(c3ccncc3)CC2)c(C)c1. The van der Waals surface area contributed by atoms with Gasteiger partial charge in [0.15, 0.2) is 0 Å². The molecule has 7 heteroatoms. The molecule has 1 aliphatic rings. The molecule has 3 amide bonds. The van der Waals surface area contributed by atoms with Crippen LogP contribution in [0.2, 0.25) is 0 Å². The van der Waals surface area contributed by atoms with Crippen molar-refractivity contribution in [3.63, 3.8) is 0 Å². The van der Waals surface area contributed by atoms with E-state index in [0.29, 0.717) is 25.2 Å². The molecule has 1 aromatic carbocycles. The molecular formula is C20H25N5O2. The number of pyridine rings is 1. The molecule has 7 nitrogen and oxygen atoms in total. The number of hydrogen-bond donors (Lipinski definition) is 2. The summed E-state index contributed by atoms with van der Waals surface area (Å²) in [6.07, 6.45) is 3.56. The summed E-state index contributed by atoms with van der Waals surface area (Å²) in [5.41, 5.74) is 3.31. The molecule has 0 aliphatic carbocycles. The van der Waals surface area contributed by atoms with Crippen LogP contribution in [0.4, 0.5) is 16.2 Å². The monoisotopic (exact) mass is 367 g/mol. The first kappa shape index (κ1) is 18.7. The van der Waals surface area contributed by atoms with Crippen LogP contribution >= 0.6 is 0 Å². The van der Waals surface area contributed by atoms with Gasteiger partial charge >= 0.3 is 6.03 Å². The number of hydrogen-bond acceptors (Lipinski definition) is 4. The number of amides is 3. The first-order valence-corrected chi connectivity index (χ1v) is 9.18. The summed E-state index contributed by atoms with van der Waals surface area (Å²) in [7, 11) is 0. The molecule has 2 aromatic rings. The Labute approximate surface area is 159 Å². The van der Waals surface area contributed by atoms with Crippen molar-refractivity contribution in [1.29, 1.82) is 0 Å². The minimum atomic E-state index is -0.113. The van der Waals surface area contributed by atoms with Crippen LogP contribution < -0.4 is 15.5 Å². The number of piperazine rings is 1. The highest BCUT2D eigenvalue weighted by Gasteiger charge is 2.21. The third-order valence-corrected chi connectivity index (χ3v) is 4.66. The highest BCUT2D eigenvalue weighted by atomic mass is 16.2. The molecule has 1 aromatic heterocycles. The van der Waals surface area contributed by atoms with Crippen LogP contribution in [-0.4, -0.2) is 54.5 Å². The fourth-order valence-electron chi connectivity index (χ4n) is 3.12. The molecular weight excluding hydrogens is 342 g/mol. The van der Waals surface area contributed by atoms with Crippen LogP contribution in [0.3, 0.4) is 0 Å². The number of nitrogens with zero attached hydrogens (tertiary/aromatic N) is 3. The summed E-state index contributed by atoms with van der Waals surface area (Å²) >= 11 is 0. The lowest BCUT2D eigenvalue weighted by Crippen LogP contribution is -2.50. The molecule has 142 valence electrons. The highest BCUT2D eigenvalue weighted by molar-refractivity contribution is 5.96. The maximum absolute atomic E-state index is 12.6. The van der Waals surface area contributed by atoms with Gasteiger partial charge in [-0.05, 0) is 49.7 Å². The van der Waals surface area contributed by atoms with Gasteiger partial charge in [0.05, 0.1) is 0 Å². The fourth-order valence-corrected chi connectivity index (χ4v) is 3.12. The average molecular weight is 367 g/mol. The minimum Gasteiger partial charge on any atom is -0.368 e. The van der Waals surface area contributed by atoms with E-state index in [9.17, 15) is 9.59 Å². The number of urea groups is 1. The molecule has 2 N–H and O–H groups in total. The molecule has 2 heterocycles. The van der Waals surface area contributed by atoms with Gasteiger partial charge in [-0.2, -0.15) is 0 Å². The van der Waals surface area contributed by atoms with E-state index in [1.807, 2.05) is 30.9 Å². The Morgan fingerprint density at radius 3 is 2.41 bits per heavy atom. The number of aromatic nitrogens is 1. The Bertz CT molecular complexity index is 801. The molecule has 0 unspecified atom stereocenters. The van der Waals surface area contributed by atoms with Crippen molar-refractivity contribution >= 4 is 23.3 Å². The summed E-state index contributed by atoms with van der Waals surface area (Å²) in [6, 6.07) is 9.16. The van der Waals surface area contributed by atoms with E-state index in [0.717, 1.165) is 30.0 Å². The van der Waals surface area contributed by atoms with E-state index >= 15 is 0 Å². The molecule has 27 heavy (non-hydrogen) atoms. The van der Waals surface area contributed by atoms with Gasteiger partial charge < -0.3 is 20.4 Å². The van der Waals surface area contributed by atoms with E-state index in [4.69, 9.17) is 0 Å². The largest absolute Gasteiger partial charge is 0.368 e. The maximum Gasteiger partial charge on any atom is 0.321 e. The van der Waals surface area contributed by atoms with Gasteiger partial charge in [-0.3, -0.25) is 9.78 Å². The number of benzene rings is 1. The lowest BCUT2D eigenvalue weighted by atomic mass is 10.1. The molecule has 1 saturated heterocycles. The van der Waals surface area contributed by atoms with Gasteiger partial charge in [-0.15, -0.1) is 0 Å². The first-order valence-electron chi connectivity index (χ1n) is 9.18. The Morgan fingerprint density at radius 2 is 1.78 bits per heavy atom. The van der Waals surface area contributed by atoms with Crippen LogP contribution in [0, 0.1) is 6.92 Å². The zero-order valence-corrected chi connectivity index (χ0v) is 15.7. The number of nitrogens with one attached hydrogen (secondary N) is 2. The molecule has 0 atom stereocenters. The Hall–Kier alpha value is -3.09. The van der Waals surface area contributed by atoms with Gasteiger partial charge in [-0.1, -0.05) is 0 Å². The van der Waals surface area contributed by atoms with Crippen molar-refractivity contribution in [3.05, 3.63) is 53.9 Å². The van der Waals surface area contributed by atoms with E-state index in [2.05, 4.69) is 20.5 Å². The van der Waals surface area contributed by atoms with E-state index < -0.39 is 0 Å². The van der Waals surface area contributed by atoms with E-state index in [1.165, 1.54) is 0 Å². The summed E-state index contributed by atoms with van der Waals surface area (Å²) in [5.74, 6) is -0.106. The first-order chi connectivity index (χ1) is 13.1. The normalized spacial score (nSPS) is 14.0. The van der Waals surface area contributed by atoms with Crippen molar-refractivity contribution < 1.29 is 9.59 Å². The maximum atomic E-state index is 12.6. The number of aryl methyl sites for hydroxylation is 1. The quantitative estimate of drug-likeness (QED) is 0.870. The van der Waals surface area contributed by atoms with E-state index in [1.54, 1.807) is 30.6 Å². The van der Waals surface area contributed by atoms with Crippen molar-refractivity contribution in [2.75, 3.05) is 42.9 Å². The van der Waals surface area contributed by atoms with Crippen molar-refractivity contribution in [2.45, 2.75) is 13.8 Å². The number of anilines is 2. The molecule has 3 rings (SSSR count). The van der Waals surface area contributed by atoms with Gasteiger partial charge in [0, 0.05) is 62.1 Å². The predicted molar refractivity (Wildman–Crippen MR) is 106 cm³/mol. The molecule has 1 fully saturated rings. The summed E-state index contributed by atoms with van der Waals surface area (Å²) in [6.45, 7) is 7.24.